The van der Waals surface area contributed by atoms with Crippen LogP contribution in [0, 0.1) is 5.82 Å². The van der Waals surface area contributed by atoms with E-state index in [9.17, 15) is 9.18 Å². The molecule has 6 rings (SSSR count). The Morgan fingerprint density at radius 3 is 2.38 bits per heavy atom. The minimum Gasteiger partial charge on any atom is -0.489 e. The fraction of sp³-hybridized carbons (Fsp3) is 0.121. The van der Waals surface area contributed by atoms with Crippen LogP contribution in [0.25, 0.3) is 0 Å². The van der Waals surface area contributed by atoms with Gasteiger partial charge in [-0.2, -0.15) is 4.98 Å². The van der Waals surface area contributed by atoms with Crippen LogP contribution in [0.5, 0.6) is 5.75 Å². The van der Waals surface area contributed by atoms with Gasteiger partial charge >= 0.3 is 0 Å². The van der Waals surface area contributed by atoms with E-state index in [0.717, 1.165) is 11.1 Å². The number of anilines is 2. The predicted molar refractivity (Wildman–Crippen MR) is 163 cm³/mol. The number of rotatable bonds is 9. The summed E-state index contributed by atoms with van der Waals surface area (Å²) in [6, 6.07) is 33.1. The highest BCUT2D eigenvalue weighted by Crippen LogP contribution is 2.37. The molecule has 42 heavy (non-hydrogen) atoms. The molecule has 210 valence electrons. The molecule has 2 N–H and O–H groups in total. The number of carbonyl (C=O) groups is 1. The number of hydrogen-bond donors (Lipinski definition) is 2. The van der Waals surface area contributed by atoms with Gasteiger partial charge in [-0.05, 0) is 53.9 Å². The van der Waals surface area contributed by atoms with E-state index in [0.29, 0.717) is 51.7 Å². The molecule has 1 aliphatic heterocycles. The van der Waals surface area contributed by atoms with Crippen LogP contribution in [0.3, 0.4) is 0 Å². The number of hydrogen-bond acceptors (Lipinski definition) is 6. The second-order valence-electron chi connectivity index (χ2n) is 9.77. The van der Waals surface area contributed by atoms with Gasteiger partial charge in [0.2, 0.25) is 11.1 Å². The number of ether oxygens (including phenoxy) is 1. The minimum absolute atomic E-state index is 0.248. The molecule has 9 heteroatoms. The highest BCUT2D eigenvalue weighted by Gasteiger charge is 2.34. The van der Waals surface area contributed by atoms with Crippen molar-refractivity contribution >= 4 is 29.3 Å². The summed E-state index contributed by atoms with van der Waals surface area (Å²) < 4.78 is 21.9. The number of allylic oxidation sites excluding steroid dienone is 1. The van der Waals surface area contributed by atoms with Crippen molar-refractivity contribution in [3.63, 3.8) is 0 Å². The van der Waals surface area contributed by atoms with E-state index in [2.05, 4.69) is 15.6 Å². The van der Waals surface area contributed by atoms with E-state index in [1.54, 1.807) is 22.9 Å². The lowest BCUT2D eigenvalue weighted by atomic mass is 9.95. The number of para-hydroxylation sites is 1. The molecule has 0 saturated carbocycles. The first-order chi connectivity index (χ1) is 20.5. The van der Waals surface area contributed by atoms with Crippen molar-refractivity contribution < 1.29 is 13.9 Å². The molecular weight excluding hydrogens is 549 g/mol. The number of aromatic nitrogens is 3. The molecular formula is C33H28FN5O2S. The van der Waals surface area contributed by atoms with Gasteiger partial charge < -0.3 is 15.4 Å². The first kappa shape index (κ1) is 27.3. The lowest BCUT2D eigenvalue weighted by molar-refractivity contribution is -0.113. The second kappa shape index (κ2) is 12.3. The Hall–Kier alpha value is -4.89. The zero-order chi connectivity index (χ0) is 28.9. The highest BCUT2D eigenvalue weighted by atomic mass is 32.2. The first-order valence-corrected chi connectivity index (χ1v) is 14.5. The summed E-state index contributed by atoms with van der Waals surface area (Å²) in [7, 11) is 0. The van der Waals surface area contributed by atoms with Crippen molar-refractivity contribution in [3.8, 4) is 5.75 Å². The van der Waals surface area contributed by atoms with Crippen LogP contribution in [-0.4, -0.2) is 20.7 Å². The predicted octanol–water partition coefficient (Wildman–Crippen LogP) is 7.22. The van der Waals surface area contributed by atoms with E-state index in [-0.39, 0.29) is 11.7 Å². The maximum Gasteiger partial charge on any atom is 0.255 e. The van der Waals surface area contributed by atoms with Gasteiger partial charge in [-0.15, -0.1) is 5.10 Å². The molecule has 2 heterocycles. The Labute approximate surface area is 247 Å². The largest absolute Gasteiger partial charge is 0.489 e. The molecule has 4 aromatic carbocycles. The van der Waals surface area contributed by atoms with Crippen molar-refractivity contribution in [2.75, 3.05) is 10.6 Å². The molecule has 1 aliphatic rings. The Kier molecular flexibility index (Phi) is 8.00. The summed E-state index contributed by atoms with van der Waals surface area (Å²) >= 11 is 1.34. The van der Waals surface area contributed by atoms with Gasteiger partial charge in [-0.3, -0.25) is 4.79 Å². The van der Waals surface area contributed by atoms with Gasteiger partial charge in [0, 0.05) is 17.1 Å². The Bertz CT molecular complexity index is 1720. The van der Waals surface area contributed by atoms with E-state index < -0.39 is 6.04 Å². The smallest absolute Gasteiger partial charge is 0.255 e. The van der Waals surface area contributed by atoms with E-state index in [1.807, 2.05) is 91.9 Å². The van der Waals surface area contributed by atoms with Crippen molar-refractivity contribution in [2.45, 2.75) is 30.5 Å². The molecule has 1 unspecified atom stereocenters. The second-order valence-corrected chi connectivity index (χ2v) is 10.7. The van der Waals surface area contributed by atoms with Gasteiger partial charge in [0.05, 0.1) is 5.57 Å². The number of carbonyl (C=O) groups excluding carboxylic acids is 1. The average Bonchev–Trinajstić information content (AvgIpc) is 3.42. The van der Waals surface area contributed by atoms with Crippen LogP contribution >= 0.6 is 11.8 Å². The highest BCUT2D eigenvalue weighted by molar-refractivity contribution is 7.98. The van der Waals surface area contributed by atoms with Gasteiger partial charge in [0.15, 0.2) is 0 Å². The van der Waals surface area contributed by atoms with Crippen molar-refractivity contribution in [1.29, 1.82) is 0 Å². The Balaban J connectivity index is 1.30. The number of thioether (sulfide) groups is 1. The van der Waals surface area contributed by atoms with Crippen molar-refractivity contribution in [1.82, 2.24) is 14.8 Å². The maximum atomic E-state index is 14.2. The fourth-order valence-corrected chi connectivity index (χ4v) is 5.58. The molecule has 1 aromatic heterocycles. The molecule has 0 radical (unpaired) electrons. The zero-order valence-corrected chi connectivity index (χ0v) is 23.6. The molecule has 5 aromatic rings. The normalized spacial score (nSPS) is 14.2. The molecule has 1 amide bonds. The third-order valence-corrected chi connectivity index (χ3v) is 7.75. The van der Waals surface area contributed by atoms with E-state index in [1.165, 1.54) is 17.8 Å². The van der Waals surface area contributed by atoms with Gasteiger partial charge in [-0.1, -0.05) is 90.6 Å². The van der Waals surface area contributed by atoms with Crippen LogP contribution in [-0.2, 0) is 17.2 Å². The summed E-state index contributed by atoms with van der Waals surface area (Å²) in [6.45, 7) is 2.31. The van der Waals surface area contributed by atoms with E-state index in [4.69, 9.17) is 9.84 Å². The average molecular weight is 578 g/mol. The molecule has 1 atom stereocenters. The number of amides is 1. The van der Waals surface area contributed by atoms with Gasteiger partial charge in [0.25, 0.3) is 5.91 Å². The molecule has 0 fully saturated rings. The number of nitrogens with one attached hydrogen (secondary N) is 2. The number of halogens is 1. The van der Waals surface area contributed by atoms with Gasteiger partial charge in [0.1, 0.15) is 24.2 Å². The Morgan fingerprint density at radius 2 is 1.64 bits per heavy atom. The molecule has 0 saturated heterocycles. The van der Waals surface area contributed by atoms with Gasteiger partial charge in [-0.25, -0.2) is 9.07 Å². The lowest BCUT2D eigenvalue weighted by Crippen LogP contribution is -2.31. The van der Waals surface area contributed by atoms with Crippen LogP contribution in [0.4, 0.5) is 16.0 Å². The summed E-state index contributed by atoms with van der Waals surface area (Å²) in [5.74, 6) is 1.09. The quantitative estimate of drug-likeness (QED) is 0.180. The molecule has 0 aliphatic carbocycles. The lowest BCUT2D eigenvalue weighted by Gasteiger charge is -2.28. The van der Waals surface area contributed by atoms with Crippen LogP contribution < -0.4 is 15.4 Å². The number of nitrogens with zero attached hydrogens (tertiary/aromatic N) is 3. The molecule has 0 spiro atoms. The third-order valence-electron chi connectivity index (χ3n) is 6.87. The SMILES string of the molecule is CC1=C(C(=O)Nc2ccccc2)C(c2ccc(OCc3ccccc3)cc2)n2nc(SCc3ccccc3F)nc2N1. The van der Waals surface area contributed by atoms with Crippen LogP contribution in [0.1, 0.15) is 29.7 Å². The first-order valence-electron chi connectivity index (χ1n) is 13.5. The standard InChI is InChI=1S/C33H28FN5O2S/c1-22-29(31(40)36-26-13-6-3-7-14-26)30(24-16-18-27(19-17-24)41-20-23-10-4-2-5-11-23)39-32(35-22)37-33(38-39)42-21-25-12-8-9-15-28(25)34/h2-19,30H,20-21H2,1H3,(H,36,40)(H,35,37,38). The topological polar surface area (TPSA) is 81.1 Å². The molecule has 7 nitrogen and oxygen atoms in total. The minimum atomic E-state index is -0.552. The van der Waals surface area contributed by atoms with Crippen LogP contribution in [0.2, 0.25) is 0 Å². The van der Waals surface area contributed by atoms with Crippen molar-refractivity contribution in [3.05, 3.63) is 143 Å². The number of benzene rings is 4. The van der Waals surface area contributed by atoms with Crippen molar-refractivity contribution in [2.24, 2.45) is 0 Å². The summed E-state index contributed by atoms with van der Waals surface area (Å²) in [6.07, 6.45) is 0. The maximum absolute atomic E-state index is 14.2. The number of fused-ring (bicyclic) bond motifs is 1. The summed E-state index contributed by atoms with van der Waals surface area (Å²) in [5, 5.41) is 11.5. The third kappa shape index (κ3) is 6.06. The summed E-state index contributed by atoms with van der Waals surface area (Å²) in [5.41, 5.74) is 4.37. The molecule has 0 bridgehead atoms. The summed E-state index contributed by atoms with van der Waals surface area (Å²) in [4.78, 5) is 18.4. The fourth-order valence-electron chi connectivity index (χ4n) is 4.76. The van der Waals surface area contributed by atoms with E-state index >= 15 is 0 Å². The van der Waals surface area contributed by atoms with Crippen LogP contribution in [0.15, 0.2) is 126 Å². The Morgan fingerprint density at radius 1 is 0.952 bits per heavy atom. The monoisotopic (exact) mass is 577 g/mol. The zero-order valence-electron chi connectivity index (χ0n) is 22.8.